The molecule has 4 saturated carbocycles. The van der Waals surface area contributed by atoms with Gasteiger partial charge in [0.15, 0.2) is 0 Å². The molecule has 12 amide bonds. The summed E-state index contributed by atoms with van der Waals surface area (Å²) >= 11 is 0. The molecule has 4 aliphatic carbocycles. The molecule has 0 bridgehead atoms. The topological polar surface area (TPSA) is 299 Å². The summed E-state index contributed by atoms with van der Waals surface area (Å²) in [7, 11) is 14.3. The Balaban J connectivity index is 0.000000158. The first-order valence-electron chi connectivity index (χ1n) is 37.7. The zero-order valence-electron chi connectivity index (χ0n) is 63.7. The van der Waals surface area contributed by atoms with Gasteiger partial charge in [-0.15, -0.1) is 0 Å². The molecule has 0 spiro atoms. The van der Waals surface area contributed by atoms with Crippen molar-refractivity contribution in [3.63, 3.8) is 0 Å². The van der Waals surface area contributed by atoms with E-state index in [2.05, 4.69) is 85.9 Å². The van der Waals surface area contributed by atoms with Crippen LogP contribution in [0.4, 0.5) is 19.2 Å². The number of hydrogen-bond acceptors (Lipinski definition) is 15. The Morgan fingerprint density at radius 2 is 0.637 bits per heavy atom. The Kier molecular flexibility index (Phi) is 25.4. The third-order valence-electron chi connectivity index (χ3n) is 24.7. The molecule has 0 aromatic carbocycles. The monoisotopic (exact) mass is 1420 g/mol. The van der Waals surface area contributed by atoms with Gasteiger partial charge in [0.25, 0.3) is 0 Å². The first-order chi connectivity index (χ1) is 48.1. The van der Waals surface area contributed by atoms with Crippen LogP contribution in [0.2, 0.25) is 0 Å². The molecule has 18 atom stereocenters. The number of hydrogen-bond donors (Lipinski definition) is 4. The standard InChI is InChI=1S/2C19H31N5O2.2C18H29N5O2/c1-13-6-16(20-3)24(10-13)17(25)9-21-19(2)7-14-11-23(12-15(14)8-19)18(26)22(4)5;1-13-5-16(8-20)24(10-13)17(25)9-21-19(2)6-14-11-23(12-15(14)7-19)18(26)22(3)4;2*1-18(20-10-16(24)23-6-4-5-15(23)9-19)7-13-11-22(12-14(13)8-18)17(25)21(2)3/h13-16,21H,6-12H2,1-2,4-5H3;13-16,21H,5-7,9-12H2,1-4H3;2*13-15,20H,4-8,10-12H2,1-3H3/t2*13-,14-,15+,16-,19?;2*13-,14+,15-,18?/m0000/s1. The number of amides is 12. The Bertz CT molecular complexity index is 2960. The third-order valence-corrected chi connectivity index (χ3v) is 24.7. The highest BCUT2D eigenvalue weighted by Crippen LogP contribution is 2.48. The van der Waals surface area contributed by atoms with Gasteiger partial charge in [-0.1, -0.05) is 13.8 Å². The molecular formula is C74H120N20O8. The second-order valence-corrected chi connectivity index (χ2v) is 34.5. The van der Waals surface area contributed by atoms with Gasteiger partial charge in [-0.2, -0.15) is 15.8 Å². The van der Waals surface area contributed by atoms with Crippen LogP contribution in [0.3, 0.4) is 0 Å². The van der Waals surface area contributed by atoms with Gasteiger partial charge in [0.1, 0.15) is 18.1 Å². The largest absolute Gasteiger partial charge is 0.331 e. The maximum atomic E-state index is 12.6. The van der Waals surface area contributed by atoms with Gasteiger partial charge < -0.3 is 75.2 Å². The van der Waals surface area contributed by atoms with Crippen molar-refractivity contribution in [2.24, 2.45) is 59.2 Å². The number of nitrogens with zero attached hydrogens (tertiary/aromatic N) is 16. The van der Waals surface area contributed by atoms with Gasteiger partial charge in [0, 0.05) is 163 Å². The van der Waals surface area contributed by atoms with Crippen LogP contribution in [0.25, 0.3) is 4.85 Å². The van der Waals surface area contributed by atoms with Gasteiger partial charge in [-0.3, -0.25) is 28.9 Å². The van der Waals surface area contributed by atoms with Crippen molar-refractivity contribution in [1.82, 2.24) is 80.1 Å². The lowest BCUT2D eigenvalue weighted by atomic mass is 9.98. The van der Waals surface area contributed by atoms with Crippen LogP contribution in [0.5, 0.6) is 0 Å². The minimum atomic E-state index is -0.291. The van der Waals surface area contributed by atoms with Crippen LogP contribution in [-0.4, -0.2) is 314 Å². The van der Waals surface area contributed by atoms with Gasteiger partial charge in [-0.05, 0) is 170 Å². The number of nitriles is 3. The van der Waals surface area contributed by atoms with E-state index in [1.165, 1.54) is 0 Å². The predicted octanol–water partition coefficient (Wildman–Crippen LogP) is 4.34. The van der Waals surface area contributed by atoms with Crippen molar-refractivity contribution in [3.8, 4) is 18.2 Å². The van der Waals surface area contributed by atoms with Gasteiger partial charge in [0.2, 0.25) is 23.6 Å². The summed E-state index contributed by atoms with van der Waals surface area (Å²) in [5.74, 6) is 5.00. The zero-order valence-corrected chi connectivity index (χ0v) is 63.7. The average molecular weight is 1420 g/mol. The summed E-state index contributed by atoms with van der Waals surface area (Å²) in [6.45, 7) is 30.7. The van der Waals surface area contributed by atoms with Crippen molar-refractivity contribution in [3.05, 3.63) is 11.4 Å². The van der Waals surface area contributed by atoms with E-state index in [4.69, 9.17) is 17.1 Å². The van der Waals surface area contributed by atoms with Gasteiger partial charge in [-0.25, -0.2) is 25.8 Å². The van der Waals surface area contributed by atoms with Crippen molar-refractivity contribution >= 4 is 47.8 Å². The fraction of sp³-hybridized carbons (Fsp3) is 0.838. The molecule has 12 aliphatic rings. The predicted molar refractivity (Wildman–Crippen MR) is 385 cm³/mol. The van der Waals surface area contributed by atoms with E-state index < -0.39 is 0 Å². The molecule has 8 saturated heterocycles. The van der Waals surface area contributed by atoms with Crippen molar-refractivity contribution in [2.75, 3.05) is 161 Å². The van der Waals surface area contributed by atoms with Crippen molar-refractivity contribution < 1.29 is 38.4 Å². The van der Waals surface area contributed by atoms with Crippen molar-refractivity contribution in [1.29, 1.82) is 15.8 Å². The first kappa shape index (κ1) is 78.9. The number of nitrogens with one attached hydrogen (secondary N) is 4. The molecule has 12 fully saturated rings. The molecule has 8 aliphatic heterocycles. The Morgan fingerprint density at radius 3 is 0.892 bits per heavy atom. The number of carbonyl (C=O) groups excluding carboxylic acids is 8. The van der Waals surface area contributed by atoms with Crippen LogP contribution in [-0.2, 0) is 19.2 Å². The summed E-state index contributed by atoms with van der Waals surface area (Å²) in [6.07, 6.45) is 12.6. The van der Waals surface area contributed by atoms with Crippen molar-refractivity contribution in [2.45, 2.75) is 178 Å². The molecule has 564 valence electrons. The Hall–Kier alpha value is -7.24. The van der Waals surface area contributed by atoms with E-state index in [0.717, 1.165) is 142 Å². The molecule has 8 heterocycles. The molecule has 4 unspecified atom stereocenters. The van der Waals surface area contributed by atoms with Crippen LogP contribution < -0.4 is 21.3 Å². The van der Waals surface area contributed by atoms with Crippen LogP contribution in [0.15, 0.2) is 0 Å². The summed E-state index contributed by atoms with van der Waals surface area (Å²) in [5, 5.41) is 41.4. The van der Waals surface area contributed by atoms with E-state index >= 15 is 0 Å². The van der Waals surface area contributed by atoms with E-state index in [9.17, 15) is 43.6 Å². The van der Waals surface area contributed by atoms with E-state index in [0.29, 0.717) is 112 Å². The minimum absolute atomic E-state index is 0.0311. The lowest BCUT2D eigenvalue weighted by Gasteiger charge is -2.30. The maximum absolute atomic E-state index is 12.6. The second-order valence-electron chi connectivity index (χ2n) is 34.5. The molecule has 102 heavy (non-hydrogen) atoms. The average Bonchev–Trinajstić information content (AvgIpc) is 1.65. The quantitative estimate of drug-likeness (QED) is 0.198. The number of carbonyl (C=O) groups is 8. The summed E-state index contributed by atoms with van der Waals surface area (Å²) in [5.41, 5.74) is -0.233. The molecule has 0 aromatic rings. The molecular weight excluding hydrogens is 1300 g/mol. The van der Waals surface area contributed by atoms with Crippen LogP contribution in [0.1, 0.15) is 131 Å². The fourth-order valence-corrected chi connectivity index (χ4v) is 19.7. The SMILES string of the molecule is CN(C)C(=O)N1C[C@@H]2CC(C)(NCC(=O)N3CCC[C@H]3C#N)C[C@@H]2C1.CN(C)C(=O)N1C[C@@H]2CC(C)(NCC(=O)N3CCC[C@H]3C#N)C[C@@H]2C1.C[C@H]1C[C@@H](C#N)N(C(=O)CNC2(C)C[C@H]3CN(C(=O)N(C)C)C[C@H]3C2)C1.[C-]#[N+][C@@H]1C[C@H](C)CN1C(=O)CNC1(C)C[C@H]2CN(C(=O)N(C)C)C[C@H]2C1. The van der Waals surface area contributed by atoms with Crippen LogP contribution >= 0.6 is 0 Å². The van der Waals surface area contributed by atoms with E-state index in [1.807, 2.05) is 19.6 Å². The fourth-order valence-electron chi connectivity index (χ4n) is 19.7. The van der Waals surface area contributed by atoms with E-state index in [-0.39, 0.29) is 94.2 Å². The zero-order chi connectivity index (χ0) is 74.5. The highest BCUT2D eigenvalue weighted by atomic mass is 16.2. The highest BCUT2D eigenvalue weighted by Gasteiger charge is 2.53. The number of fused-ring (bicyclic) bond motifs is 4. The number of urea groups is 4. The minimum Gasteiger partial charge on any atom is -0.331 e. The van der Waals surface area contributed by atoms with Gasteiger partial charge in [0.05, 0.1) is 44.4 Å². The summed E-state index contributed by atoms with van der Waals surface area (Å²) in [4.78, 5) is 123. The summed E-state index contributed by atoms with van der Waals surface area (Å²) in [6, 6.07) is 6.29. The Morgan fingerprint density at radius 1 is 0.392 bits per heavy atom. The maximum Gasteiger partial charge on any atom is 0.319 e. The summed E-state index contributed by atoms with van der Waals surface area (Å²) < 4.78 is 0. The highest BCUT2D eigenvalue weighted by molar-refractivity contribution is 5.81. The normalized spacial score (nSPS) is 35.1. The molecule has 12 rings (SSSR count). The lowest BCUT2D eigenvalue weighted by molar-refractivity contribution is -0.131. The molecule has 0 aromatic heterocycles. The smallest absolute Gasteiger partial charge is 0.319 e. The molecule has 28 nitrogen and oxygen atoms in total. The third kappa shape index (κ3) is 18.6. The second kappa shape index (κ2) is 32.8. The molecule has 0 radical (unpaired) electrons. The molecule has 4 N–H and O–H groups in total. The Labute approximate surface area is 607 Å². The number of rotatable bonds is 12. The first-order valence-corrected chi connectivity index (χ1v) is 37.7. The number of likely N-dealkylation sites (tertiary alicyclic amines) is 8. The molecule has 28 heteroatoms. The lowest BCUT2D eigenvalue weighted by Crippen LogP contribution is -2.49. The van der Waals surface area contributed by atoms with E-state index in [1.54, 1.807) is 95.6 Å². The van der Waals surface area contributed by atoms with Crippen LogP contribution in [0, 0.1) is 99.7 Å². The van der Waals surface area contributed by atoms with Gasteiger partial charge >= 0.3 is 30.3 Å².